The molecule has 1 saturated heterocycles. The van der Waals surface area contributed by atoms with E-state index >= 15 is 0 Å². The van der Waals surface area contributed by atoms with Crippen LogP contribution in [-0.2, 0) is 11.8 Å². The van der Waals surface area contributed by atoms with Crippen LogP contribution in [0.3, 0.4) is 0 Å². The number of ether oxygens (including phenoxy) is 2. The van der Waals surface area contributed by atoms with Gasteiger partial charge in [-0.1, -0.05) is 0 Å². The first-order chi connectivity index (χ1) is 10.8. The van der Waals surface area contributed by atoms with Crippen LogP contribution in [0.5, 0.6) is 6.01 Å². The lowest BCUT2D eigenvalue weighted by molar-refractivity contribution is 0.0116. The first kappa shape index (κ1) is 16.1. The number of likely N-dealkylation sites (tertiary alicyclic amines) is 1. The summed E-state index contributed by atoms with van der Waals surface area (Å²) in [5.41, 5.74) is 0.699. The molecule has 6 heteroatoms. The Morgan fingerprint density at radius 3 is 2.43 bits per heavy atom. The molecule has 3 rings (SSSR count). The summed E-state index contributed by atoms with van der Waals surface area (Å²) in [4.78, 5) is 18.4. The minimum atomic E-state index is -0.448. The number of rotatable bonds is 3. The van der Waals surface area contributed by atoms with E-state index in [-0.39, 0.29) is 12.2 Å². The van der Waals surface area contributed by atoms with Crippen molar-refractivity contribution in [2.24, 2.45) is 7.05 Å². The number of carbonyl (C=O) groups excluding carboxylic acids is 1. The lowest BCUT2D eigenvalue weighted by Gasteiger charge is -2.33. The summed E-state index contributed by atoms with van der Waals surface area (Å²) in [7, 11) is 1.98. The summed E-state index contributed by atoms with van der Waals surface area (Å²) >= 11 is 0. The average Bonchev–Trinajstić information content (AvgIpc) is 3.24. The maximum Gasteiger partial charge on any atom is 0.410 e. The molecule has 0 bridgehead atoms. The zero-order valence-corrected chi connectivity index (χ0v) is 14.5. The summed E-state index contributed by atoms with van der Waals surface area (Å²) in [6, 6.07) is 0.697. The average molecular weight is 321 g/mol. The molecule has 0 unspecified atom stereocenters. The number of aryl methyl sites for hydroxylation is 1. The summed E-state index contributed by atoms with van der Waals surface area (Å²) in [6.07, 6.45) is 6.05. The fourth-order valence-corrected chi connectivity index (χ4v) is 2.79. The molecule has 1 aromatic heterocycles. The Bertz CT molecular complexity index is 564. The Kier molecular flexibility index (Phi) is 4.25. The number of hydrogen-bond donors (Lipinski definition) is 0. The highest BCUT2D eigenvalue weighted by molar-refractivity contribution is 5.68. The molecule has 6 nitrogen and oxygen atoms in total. The lowest BCUT2D eigenvalue weighted by Crippen LogP contribution is -2.44. The predicted octanol–water partition coefficient (Wildman–Crippen LogP) is 3.08. The number of piperidine rings is 1. The van der Waals surface area contributed by atoms with Gasteiger partial charge in [-0.25, -0.2) is 9.78 Å². The van der Waals surface area contributed by atoms with Crippen molar-refractivity contribution >= 4 is 6.09 Å². The molecule has 2 fully saturated rings. The zero-order valence-electron chi connectivity index (χ0n) is 14.5. The van der Waals surface area contributed by atoms with Crippen LogP contribution in [0, 0.1) is 0 Å². The van der Waals surface area contributed by atoms with Gasteiger partial charge in [0.2, 0.25) is 0 Å². The number of aromatic nitrogens is 2. The van der Waals surface area contributed by atoms with E-state index in [0.29, 0.717) is 25.0 Å². The monoisotopic (exact) mass is 321 g/mol. The van der Waals surface area contributed by atoms with Gasteiger partial charge < -0.3 is 18.9 Å². The third-order valence-corrected chi connectivity index (χ3v) is 4.21. The molecule has 0 aromatic carbocycles. The van der Waals surface area contributed by atoms with E-state index in [4.69, 9.17) is 9.47 Å². The zero-order chi connectivity index (χ0) is 16.6. The van der Waals surface area contributed by atoms with E-state index in [1.54, 1.807) is 4.90 Å². The highest BCUT2D eigenvalue weighted by atomic mass is 16.6. The lowest BCUT2D eigenvalue weighted by atomic mass is 10.1. The standard InChI is InChI=1S/C17H27N3O3/c1-17(2,3)23-16(21)20-9-7-13(8-10-20)22-15-18-14(11-19(15)4)12-5-6-12/h11-13H,5-10H2,1-4H3. The Labute approximate surface area is 137 Å². The van der Waals surface area contributed by atoms with Crippen LogP contribution >= 0.6 is 0 Å². The Morgan fingerprint density at radius 2 is 1.87 bits per heavy atom. The largest absolute Gasteiger partial charge is 0.461 e. The van der Waals surface area contributed by atoms with Crippen LogP contribution < -0.4 is 4.74 Å². The second kappa shape index (κ2) is 6.06. The van der Waals surface area contributed by atoms with E-state index in [2.05, 4.69) is 11.2 Å². The fraction of sp³-hybridized carbons (Fsp3) is 0.765. The van der Waals surface area contributed by atoms with Crippen molar-refractivity contribution in [1.29, 1.82) is 0 Å². The van der Waals surface area contributed by atoms with Crippen molar-refractivity contribution in [3.05, 3.63) is 11.9 Å². The summed E-state index contributed by atoms with van der Waals surface area (Å²) in [6.45, 7) is 7.00. The highest BCUT2D eigenvalue weighted by Crippen LogP contribution is 2.40. The maximum atomic E-state index is 12.1. The summed E-state index contributed by atoms with van der Waals surface area (Å²) < 4.78 is 13.4. The molecule has 2 heterocycles. The Balaban J connectivity index is 1.50. The normalized spacial score (nSPS) is 19.7. The van der Waals surface area contributed by atoms with E-state index < -0.39 is 5.60 Å². The van der Waals surface area contributed by atoms with Crippen LogP contribution in [0.15, 0.2) is 6.20 Å². The fourth-order valence-electron chi connectivity index (χ4n) is 2.79. The third kappa shape index (κ3) is 4.18. The summed E-state index contributed by atoms with van der Waals surface area (Å²) in [5, 5.41) is 0. The van der Waals surface area contributed by atoms with E-state index in [1.165, 1.54) is 12.8 Å². The number of carbonyl (C=O) groups is 1. The SMILES string of the molecule is Cn1cc(C2CC2)nc1OC1CCN(C(=O)OC(C)(C)C)CC1. The molecule has 23 heavy (non-hydrogen) atoms. The maximum absolute atomic E-state index is 12.1. The molecule has 1 saturated carbocycles. The molecular formula is C17H27N3O3. The van der Waals surface area contributed by atoms with Crippen LogP contribution in [0.2, 0.25) is 0 Å². The van der Waals surface area contributed by atoms with Crippen molar-refractivity contribution < 1.29 is 14.3 Å². The minimum absolute atomic E-state index is 0.113. The van der Waals surface area contributed by atoms with Crippen molar-refractivity contribution in [3.63, 3.8) is 0 Å². The first-order valence-corrected chi connectivity index (χ1v) is 8.49. The summed E-state index contributed by atoms with van der Waals surface area (Å²) in [5.74, 6) is 0.632. The van der Waals surface area contributed by atoms with Gasteiger partial charge in [-0.15, -0.1) is 0 Å². The second-order valence-electron chi connectivity index (χ2n) is 7.62. The van der Waals surface area contributed by atoms with Crippen molar-refractivity contribution in [1.82, 2.24) is 14.5 Å². The first-order valence-electron chi connectivity index (χ1n) is 8.49. The van der Waals surface area contributed by atoms with Crippen LogP contribution in [0.25, 0.3) is 0 Å². The van der Waals surface area contributed by atoms with Gasteiger partial charge >= 0.3 is 6.09 Å². The third-order valence-electron chi connectivity index (χ3n) is 4.21. The predicted molar refractivity (Wildman–Crippen MR) is 86.6 cm³/mol. The smallest absolute Gasteiger partial charge is 0.410 e. The molecule has 0 radical (unpaired) electrons. The van der Waals surface area contributed by atoms with Crippen molar-refractivity contribution in [2.45, 2.75) is 64.1 Å². The van der Waals surface area contributed by atoms with Gasteiger partial charge in [-0.05, 0) is 33.6 Å². The number of imidazole rings is 1. The molecule has 1 amide bonds. The molecule has 0 N–H and O–H groups in total. The van der Waals surface area contributed by atoms with Gasteiger partial charge in [0.25, 0.3) is 6.01 Å². The van der Waals surface area contributed by atoms with Crippen LogP contribution in [0.4, 0.5) is 4.79 Å². The van der Waals surface area contributed by atoms with Gasteiger partial charge in [0, 0.05) is 45.1 Å². The number of hydrogen-bond acceptors (Lipinski definition) is 4. The second-order valence-corrected chi connectivity index (χ2v) is 7.62. The van der Waals surface area contributed by atoms with Gasteiger partial charge in [-0.3, -0.25) is 0 Å². The molecule has 0 atom stereocenters. The molecule has 128 valence electrons. The molecule has 0 spiro atoms. The molecule has 1 aliphatic carbocycles. The Morgan fingerprint density at radius 1 is 1.22 bits per heavy atom. The molecule has 2 aliphatic rings. The van der Waals surface area contributed by atoms with Gasteiger partial charge in [0.15, 0.2) is 0 Å². The highest BCUT2D eigenvalue weighted by Gasteiger charge is 2.30. The van der Waals surface area contributed by atoms with Crippen LogP contribution in [-0.4, -0.2) is 45.3 Å². The van der Waals surface area contributed by atoms with E-state index in [9.17, 15) is 4.79 Å². The topological polar surface area (TPSA) is 56.6 Å². The molecule has 1 aromatic rings. The molecule has 1 aliphatic heterocycles. The Hall–Kier alpha value is -1.72. The number of amides is 1. The van der Waals surface area contributed by atoms with Gasteiger partial charge in [0.1, 0.15) is 11.7 Å². The quantitative estimate of drug-likeness (QED) is 0.858. The molecular weight excluding hydrogens is 294 g/mol. The van der Waals surface area contributed by atoms with E-state index in [0.717, 1.165) is 18.5 Å². The van der Waals surface area contributed by atoms with E-state index in [1.807, 2.05) is 32.4 Å². The van der Waals surface area contributed by atoms with Crippen molar-refractivity contribution in [3.8, 4) is 6.01 Å². The van der Waals surface area contributed by atoms with Crippen molar-refractivity contribution in [2.75, 3.05) is 13.1 Å². The van der Waals surface area contributed by atoms with Gasteiger partial charge in [-0.2, -0.15) is 0 Å². The van der Waals surface area contributed by atoms with Crippen LogP contribution in [0.1, 0.15) is 58.1 Å². The minimum Gasteiger partial charge on any atom is -0.461 e. The van der Waals surface area contributed by atoms with Gasteiger partial charge in [0.05, 0.1) is 5.69 Å². The number of nitrogens with zero attached hydrogens (tertiary/aromatic N) is 3.